The zero-order valence-electron chi connectivity index (χ0n) is 17.6. The predicted molar refractivity (Wildman–Crippen MR) is 99.4 cm³/mol. The highest BCUT2D eigenvalue weighted by molar-refractivity contribution is 6.74. The Morgan fingerprint density at radius 2 is 1.69 bits per heavy atom. The fourth-order valence-electron chi connectivity index (χ4n) is 3.82. The quantitative estimate of drug-likeness (QED) is 0.693. The lowest BCUT2D eigenvalue weighted by molar-refractivity contribution is -0.182. The number of carbonyl (C=O) groups excluding carboxylic acids is 1. The van der Waals surface area contributed by atoms with Gasteiger partial charge in [-0.2, -0.15) is 0 Å². The van der Waals surface area contributed by atoms with E-state index < -0.39 is 37.7 Å². The van der Waals surface area contributed by atoms with E-state index >= 15 is 0 Å². The first kappa shape index (κ1) is 20.4. The van der Waals surface area contributed by atoms with Crippen molar-refractivity contribution in [3.05, 3.63) is 0 Å². The maximum absolute atomic E-state index is 13.1. The molecule has 0 aromatic rings. The van der Waals surface area contributed by atoms with Crippen molar-refractivity contribution in [2.45, 2.75) is 109 Å². The normalized spacial score (nSPS) is 39.0. The van der Waals surface area contributed by atoms with Crippen molar-refractivity contribution in [3.63, 3.8) is 0 Å². The summed E-state index contributed by atoms with van der Waals surface area (Å²) in [5.41, 5.74) is -0.832. The Bertz CT molecular complexity index is 593. The molecule has 6 nitrogen and oxygen atoms in total. The number of Topliss-reactive ketones (excluding diaryl/α,β-unsaturated/α-hetero) is 1. The topological polar surface area (TPSA) is 63.2 Å². The molecule has 7 heteroatoms. The van der Waals surface area contributed by atoms with Crippen molar-refractivity contribution in [1.29, 1.82) is 0 Å². The lowest BCUT2D eigenvalue weighted by atomic mass is 9.79. The Balaban J connectivity index is 1.88. The van der Waals surface area contributed by atoms with Crippen LogP contribution in [-0.4, -0.2) is 56.2 Å². The van der Waals surface area contributed by atoms with Crippen LogP contribution < -0.4 is 0 Å². The Morgan fingerprint density at radius 3 is 2.27 bits per heavy atom. The van der Waals surface area contributed by atoms with Crippen LogP contribution in [0.4, 0.5) is 0 Å². The third kappa shape index (κ3) is 3.42. The van der Waals surface area contributed by atoms with Gasteiger partial charge in [-0.1, -0.05) is 20.8 Å². The zero-order valence-corrected chi connectivity index (χ0v) is 18.6. The Morgan fingerprint density at radius 1 is 1.08 bits per heavy atom. The zero-order chi connectivity index (χ0) is 19.8. The van der Waals surface area contributed by atoms with E-state index in [1.54, 1.807) is 0 Å². The minimum atomic E-state index is -2.00. The second-order valence-corrected chi connectivity index (χ2v) is 15.1. The third-order valence-corrected chi connectivity index (χ3v) is 10.6. The van der Waals surface area contributed by atoms with Crippen LogP contribution in [0, 0.1) is 0 Å². The maximum Gasteiger partial charge on any atom is 0.196 e. The summed E-state index contributed by atoms with van der Waals surface area (Å²) in [7, 11) is -2.00. The molecule has 1 aliphatic carbocycles. The number of hydrogen-bond acceptors (Lipinski definition) is 6. The number of ketones is 1. The minimum absolute atomic E-state index is 0.0737. The van der Waals surface area contributed by atoms with Gasteiger partial charge < -0.3 is 23.4 Å². The number of rotatable bonds is 3. The molecule has 150 valence electrons. The molecule has 0 bridgehead atoms. The molecule has 0 amide bonds. The number of hydrogen-bond donors (Lipinski definition) is 0. The second kappa shape index (κ2) is 5.84. The molecule has 0 aromatic carbocycles. The molecule has 3 rings (SSSR count). The predicted octanol–water partition coefficient (Wildman–Crippen LogP) is 3.39. The molecule has 2 aliphatic heterocycles. The number of ether oxygens (including phenoxy) is 4. The SMILES string of the molecule is CC1(C)O[C@H]2C[C@]3(CO[Si](C)(C)C(C)(C)C)OC(C)(C)O[C@@H]3C(=O)[C@H]2O1. The highest BCUT2D eigenvalue weighted by Crippen LogP contribution is 2.49. The first-order chi connectivity index (χ1) is 11.6. The molecule has 2 saturated heterocycles. The van der Waals surface area contributed by atoms with Gasteiger partial charge in [-0.15, -0.1) is 0 Å². The fourth-order valence-corrected chi connectivity index (χ4v) is 4.86. The summed E-state index contributed by atoms with van der Waals surface area (Å²) < 4.78 is 30.7. The van der Waals surface area contributed by atoms with E-state index in [1.165, 1.54) is 0 Å². The van der Waals surface area contributed by atoms with Gasteiger partial charge in [0.1, 0.15) is 11.7 Å². The van der Waals surface area contributed by atoms with Crippen molar-refractivity contribution in [2.24, 2.45) is 0 Å². The van der Waals surface area contributed by atoms with Gasteiger partial charge in [0.05, 0.1) is 12.7 Å². The summed E-state index contributed by atoms with van der Waals surface area (Å²) in [4.78, 5) is 13.1. The molecular weight excluding hydrogens is 352 g/mol. The summed E-state index contributed by atoms with van der Waals surface area (Å²) in [6, 6.07) is 0. The van der Waals surface area contributed by atoms with E-state index in [2.05, 4.69) is 33.9 Å². The molecule has 0 N–H and O–H groups in total. The smallest absolute Gasteiger partial charge is 0.196 e. The summed E-state index contributed by atoms with van der Waals surface area (Å²) in [6.07, 6.45) is -1.11. The van der Waals surface area contributed by atoms with Gasteiger partial charge in [0.2, 0.25) is 0 Å². The van der Waals surface area contributed by atoms with Crippen LogP contribution in [0.25, 0.3) is 0 Å². The first-order valence-corrected chi connectivity index (χ1v) is 12.4. The number of carbonyl (C=O) groups is 1. The Hall–Kier alpha value is -0.313. The second-order valence-electron chi connectivity index (χ2n) is 10.3. The largest absolute Gasteiger partial charge is 0.414 e. The average molecular weight is 387 g/mol. The highest BCUT2D eigenvalue weighted by atomic mass is 28.4. The molecular formula is C19H34O6Si. The lowest BCUT2D eigenvalue weighted by Gasteiger charge is -2.43. The molecule has 1 saturated carbocycles. The summed E-state index contributed by atoms with van der Waals surface area (Å²) >= 11 is 0. The summed E-state index contributed by atoms with van der Waals surface area (Å²) in [6.45, 7) is 18.7. The van der Waals surface area contributed by atoms with E-state index in [1.807, 2.05) is 27.7 Å². The van der Waals surface area contributed by atoms with Gasteiger partial charge >= 0.3 is 0 Å². The molecule has 4 atom stereocenters. The monoisotopic (exact) mass is 386 g/mol. The van der Waals surface area contributed by atoms with Crippen LogP contribution in [0.2, 0.25) is 18.1 Å². The average Bonchev–Trinajstić information content (AvgIpc) is 2.88. The molecule has 0 spiro atoms. The van der Waals surface area contributed by atoms with Crippen LogP contribution in [0.15, 0.2) is 0 Å². The minimum Gasteiger partial charge on any atom is -0.414 e. The van der Waals surface area contributed by atoms with Crippen molar-refractivity contribution in [2.75, 3.05) is 6.61 Å². The number of fused-ring (bicyclic) bond motifs is 2. The van der Waals surface area contributed by atoms with Gasteiger partial charge in [-0.05, 0) is 45.8 Å². The van der Waals surface area contributed by atoms with Crippen molar-refractivity contribution in [3.8, 4) is 0 Å². The fraction of sp³-hybridized carbons (Fsp3) is 0.947. The van der Waals surface area contributed by atoms with Gasteiger partial charge in [-0.25, -0.2) is 0 Å². The van der Waals surface area contributed by atoms with Crippen LogP contribution >= 0.6 is 0 Å². The molecule has 3 aliphatic rings. The molecule has 2 heterocycles. The van der Waals surface area contributed by atoms with Gasteiger partial charge in [0.25, 0.3) is 0 Å². The van der Waals surface area contributed by atoms with E-state index in [0.717, 1.165) is 0 Å². The standard InChI is InChI=1S/C19H34O6Si/c1-16(2,3)26(8,9)21-11-19-10-12-14(23-17(4,5)22-12)13(20)15(19)24-18(6,7)25-19/h12,14-15H,10-11H2,1-9H3/t12-,14-,15+,19+/m0/s1. The van der Waals surface area contributed by atoms with Crippen molar-refractivity contribution < 1.29 is 28.2 Å². The molecule has 26 heavy (non-hydrogen) atoms. The first-order valence-electron chi connectivity index (χ1n) is 9.49. The van der Waals surface area contributed by atoms with Gasteiger partial charge in [0, 0.05) is 6.42 Å². The highest BCUT2D eigenvalue weighted by Gasteiger charge is 2.66. The van der Waals surface area contributed by atoms with Crippen LogP contribution in [0.3, 0.4) is 0 Å². The maximum atomic E-state index is 13.1. The van der Waals surface area contributed by atoms with E-state index in [-0.39, 0.29) is 16.9 Å². The van der Waals surface area contributed by atoms with Crippen LogP contribution in [-0.2, 0) is 28.2 Å². The molecule has 0 unspecified atom stereocenters. The van der Waals surface area contributed by atoms with E-state index in [9.17, 15) is 4.79 Å². The van der Waals surface area contributed by atoms with Gasteiger partial charge in [0.15, 0.2) is 31.8 Å². The van der Waals surface area contributed by atoms with E-state index in [0.29, 0.717) is 13.0 Å². The van der Waals surface area contributed by atoms with Crippen molar-refractivity contribution >= 4 is 14.1 Å². The van der Waals surface area contributed by atoms with Crippen LogP contribution in [0.1, 0.15) is 54.9 Å². The van der Waals surface area contributed by atoms with Crippen molar-refractivity contribution in [1.82, 2.24) is 0 Å². The lowest BCUT2D eigenvalue weighted by Crippen LogP contribution is -2.61. The van der Waals surface area contributed by atoms with Gasteiger partial charge in [-0.3, -0.25) is 4.79 Å². The Kier molecular flexibility index (Phi) is 4.59. The molecule has 0 aromatic heterocycles. The summed E-state index contributed by atoms with van der Waals surface area (Å²) in [5.74, 6) is -1.72. The molecule has 0 radical (unpaired) electrons. The van der Waals surface area contributed by atoms with Crippen LogP contribution in [0.5, 0.6) is 0 Å². The Labute approximate surface area is 158 Å². The summed E-state index contributed by atoms with van der Waals surface area (Å²) in [5, 5.41) is 0.0737. The molecule has 3 fully saturated rings. The van der Waals surface area contributed by atoms with E-state index in [4.69, 9.17) is 23.4 Å². The third-order valence-electron chi connectivity index (χ3n) is 6.08.